The van der Waals surface area contributed by atoms with Gasteiger partial charge in [0.2, 0.25) is 5.36 Å². The number of pyridine rings is 1. The second-order valence-corrected chi connectivity index (χ2v) is 9.59. The molecule has 37 heavy (non-hydrogen) atoms. The molecular formula is C32H40N3O2+. The van der Waals surface area contributed by atoms with E-state index in [-0.39, 0.29) is 0 Å². The monoisotopic (exact) mass is 498 g/mol. The Kier molecular flexibility index (Phi) is 10.8. The van der Waals surface area contributed by atoms with E-state index in [0.717, 1.165) is 29.8 Å². The van der Waals surface area contributed by atoms with Crippen molar-refractivity contribution >= 4 is 18.6 Å². The van der Waals surface area contributed by atoms with Gasteiger partial charge in [-0.25, -0.2) is 0 Å². The molecule has 0 bridgehead atoms. The van der Waals surface area contributed by atoms with E-state index < -0.39 is 0 Å². The van der Waals surface area contributed by atoms with Gasteiger partial charge in [0.05, 0.1) is 7.11 Å². The number of aromatic nitrogens is 1. The van der Waals surface area contributed by atoms with E-state index in [4.69, 9.17) is 4.74 Å². The summed E-state index contributed by atoms with van der Waals surface area (Å²) in [6.45, 7) is 9.54. The molecule has 0 saturated carbocycles. The third-order valence-corrected chi connectivity index (χ3v) is 6.51. The maximum atomic E-state index is 10.4. The van der Waals surface area contributed by atoms with Gasteiger partial charge in [-0.2, -0.15) is 4.58 Å². The van der Waals surface area contributed by atoms with Crippen LogP contribution in [0.15, 0.2) is 60.8 Å². The van der Waals surface area contributed by atoms with Crippen LogP contribution in [0.1, 0.15) is 58.9 Å². The predicted molar refractivity (Wildman–Crippen MR) is 153 cm³/mol. The van der Waals surface area contributed by atoms with E-state index >= 15 is 0 Å². The summed E-state index contributed by atoms with van der Waals surface area (Å²) in [5.74, 6) is 0.905. The number of hydrogen-bond acceptors (Lipinski definition) is 4. The number of ether oxygens (including phenoxy) is 1. The number of carbonyl (C=O) groups is 1. The molecule has 0 radical (unpaired) electrons. The van der Waals surface area contributed by atoms with Crippen molar-refractivity contribution in [2.24, 2.45) is 0 Å². The molecule has 0 N–H and O–H groups in total. The van der Waals surface area contributed by atoms with Crippen LogP contribution in [0.25, 0.3) is 12.3 Å². The highest BCUT2D eigenvalue weighted by Gasteiger charge is 2.14. The van der Waals surface area contributed by atoms with Crippen LogP contribution < -0.4 is 19.9 Å². The predicted octanol–water partition coefficient (Wildman–Crippen LogP) is 4.78. The number of allylic oxidation sites excluding steroid dienone is 1. The molecule has 2 aromatic carbocycles. The van der Waals surface area contributed by atoms with E-state index in [2.05, 4.69) is 65.0 Å². The van der Waals surface area contributed by atoms with Gasteiger partial charge in [-0.05, 0) is 101 Å². The summed E-state index contributed by atoms with van der Waals surface area (Å²) in [5.41, 5.74) is 5.17. The Morgan fingerprint density at radius 2 is 1.76 bits per heavy atom. The van der Waals surface area contributed by atoms with Crippen molar-refractivity contribution in [3.63, 3.8) is 0 Å². The lowest BCUT2D eigenvalue weighted by atomic mass is 10.1. The van der Waals surface area contributed by atoms with E-state index in [1.54, 1.807) is 13.3 Å². The van der Waals surface area contributed by atoms with Crippen LogP contribution in [0, 0.1) is 13.8 Å². The van der Waals surface area contributed by atoms with Gasteiger partial charge < -0.3 is 9.64 Å². The standard InChI is InChI=1S/C16H16NO.C10H11NO.C6H13N/c1-12-3-8-16-14(9-12)11-17(16)10-13-4-6-15(18-2)7-5-13;1-3-4-10-5-9(7-12)6-11-8(10)2;1-7-5-3-2-4-6-7/h3-9,11H,10H2,1-2H3;3-7H,1-2H3;2-6H2,1H3/q+1;;/b;4-3-;. The molecule has 2 aliphatic heterocycles. The van der Waals surface area contributed by atoms with E-state index in [9.17, 15) is 4.79 Å². The first-order valence-corrected chi connectivity index (χ1v) is 13.0. The molecule has 1 aromatic heterocycles. The quantitative estimate of drug-likeness (QED) is 0.375. The fraction of sp³-hybridized carbons (Fsp3) is 0.344. The number of aryl methyl sites for hydroxylation is 2. The van der Waals surface area contributed by atoms with Crippen LogP contribution in [0.5, 0.6) is 5.75 Å². The molecule has 0 atom stereocenters. The first kappa shape index (κ1) is 28.0. The van der Waals surface area contributed by atoms with E-state index in [1.165, 1.54) is 54.1 Å². The highest BCUT2D eigenvalue weighted by molar-refractivity contribution is 5.75. The molecule has 5 nitrogen and oxygen atoms in total. The average molecular weight is 499 g/mol. The van der Waals surface area contributed by atoms with Crippen LogP contribution in [0.3, 0.4) is 0 Å². The zero-order chi connectivity index (χ0) is 26.6. The zero-order valence-corrected chi connectivity index (χ0v) is 22.9. The Balaban J connectivity index is 0.000000172. The maximum absolute atomic E-state index is 10.4. The first-order valence-electron chi connectivity index (χ1n) is 13.0. The summed E-state index contributed by atoms with van der Waals surface area (Å²) < 4.78 is 7.44. The Hall–Kier alpha value is -3.57. The number of aldehydes is 1. The second kappa shape index (κ2) is 14.2. The second-order valence-electron chi connectivity index (χ2n) is 9.59. The molecular weight excluding hydrogens is 458 g/mol. The Morgan fingerprint density at radius 1 is 1.03 bits per heavy atom. The van der Waals surface area contributed by atoms with Crippen molar-refractivity contribution in [3.05, 3.63) is 99.3 Å². The zero-order valence-electron chi connectivity index (χ0n) is 22.9. The molecule has 0 amide bonds. The molecule has 0 unspecified atom stereocenters. The lowest BCUT2D eigenvalue weighted by Crippen LogP contribution is -2.46. The molecule has 1 saturated heterocycles. The lowest BCUT2D eigenvalue weighted by molar-refractivity contribution is 0.112. The van der Waals surface area contributed by atoms with Crippen molar-refractivity contribution in [2.45, 2.75) is 46.6 Å². The summed E-state index contributed by atoms with van der Waals surface area (Å²) in [6.07, 6.45) is 12.7. The smallest absolute Gasteiger partial charge is 0.218 e. The first-order chi connectivity index (χ1) is 17.9. The number of fused-ring (bicyclic) bond motifs is 1. The number of hydrogen-bond donors (Lipinski definition) is 0. The number of likely N-dealkylation sites (tertiary alicyclic amines) is 1. The molecule has 3 heterocycles. The van der Waals surface area contributed by atoms with Crippen LogP contribution in [-0.4, -0.2) is 43.4 Å². The molecule has 1 fully saturated rings. The van der Waals surface area contributed by atoms with E-state index in [1.807, 2.05) is 44.2 Å². The van der Waals surface area contributed by atoms with Crippen molar-refractivity contribution < 1.29 is 9.53 Å². The SMILES string of the molecule is C/C=C\c1cc(C=O)cnc1C.CN1CCCCC1.COc1ccc(C[N+]2=c3ccc(C)cc3=C2)cc1. The molecule has 0 spiro atoms. The van der Waals surface area contributed by atoms with Gasteiger partial charge in [-0.15, -0.1) is 0 Å². The van der Waals surface area contributed by atoms with Gasteiger partial charge in [0.15, 0.2) is 19.0 Å². The molecule has 5 rings (SSSR count). The fourth-order valence-corrected chi connectivity index (χ4v) is 4.30. The van der Waals surface area contributed by atoms with Crippen molar-refractivity contribution in [3.8, 4) is 5.75 Å². The topological polar surface area (TPSA) is 45.4 Å². The van der Waals surface area contributed by atoms with Crippen LogP contribution in [0.4, 0.5) is 0 Å². The summed E-state index contributed by atoms with van der Waals surface area (Å²) in [6, 6.07) is 16.6. The average Bonchev–Trinajstić information content (AvgIpc) is 2.90. The van der Waals surface area contributed by atoms with Gasteiger partial charge in [0, 0.05) is 29.1 Å². The van der Waals surface area contributed by atoms with Crippen molar-refractivity contribution in [2.75, 3.05) is 27.2 Å². The Bertz CT molecular complexity index is 1320. The van der Waals surface area contributed by atoms with Crippen molar-refractivity contribution in [1.82, 2.24) is 14.5 Å². The highest BCUT2D eigenvalue weighted by atomic mass is 16.5. The fourth-order valence-electron chi connectivity index (χ4n) is 4.30. The van der Waals surface area contributed by atoms with Crippen LogP contribution >= 0.6 is 0 Å². The summed E-state index contributed by atoms with van der Waals surface area (Å²) in [5, 5.41) is 2.65. The minimum absolute atomic E-state index is 0.619. The molecule has 2 aliphatic rings. The van der Waals surface area contributed by atoms with Gasteiger partial charge in [-0.3, -0.25) is 9.78 Å². The molecule has 3 aromatic rings. The van der Waals surface area contributed by atoms with Gasteiger partial charge in [0.1, 0.15) is 11.0 Å². The summed E-state index contributed by atoms with van der Waals surface area (Å²) in [7, 11) is 3.88. The number of carbonyl (C=O) groups excluding carboxylic acids is 1. The van der Waals surface area contributed by atoms with Gasteiger partial charge in [0.25, 0.3) is 0 Å². The Morgan fingerprint density at radius 3 is 2.32 bits per heavy atom. The summed E-state index contributed by atoms with van der Waals surface area (Å²) >= 11 is 0. The number of benzene rings is 2. The number of methoxy groups -OCH3 is 1. The van der Waals surface area contributed by atoms with Gasteiger partial charge >= 0.3 is 0 Å². The van der Waals surface area contributed by atoms with Gasteiger partial charge in [-0.1, -0.05) is 24.6 Å². The Labute approximate surface area is 221 Å². The van der Waals surface area contributed by atoms with Crippen LogP contribution in [-0.2, 0) is 6.54 Å². The lowest BCUT2D eigenvalue weighted by Gasteiger charge is -2.20. The summed E-state index contributed by atoms with van der Waals surface area (Å²) in [4.78, 5) is 16.9. The minimum Gasteiger partial charge on any atom is -0.497 e. The largest absolute Gasteiger partial charge is 0.497 e. The van der Waals surface area contributed by atoms with Crippen molar-refractivity contribution in [1.29, 1.82) is 0 Å². The molecule has 0 aliphatic carbocycles. The highest BCUT2D eigenvalue weighted by Crippen LogP contribution is 2.12. The number of piperidine rings is 1. The van der Waals surface area contributed by atoms with E-state index in [0.29, 0.717) is 5.56 Å². The third-order valence-electron chi connectivity index (χ3n) is 6.51. The normalized spacial score (nSPS) is 14.2. The van der Waals surface area contributed by atoms with Crippen LogP contribution in [0.2, 0.25) is 0 Å². The number of nitrogens with zero attached hydrogens (tertiary/aromatic N) is 3. The third kappa shape index (κ3) is 8.50. The molecule has 5 heteroatoms. The minimum atomic E-state index is 0.619. The molecule has 194 valence electrons. The number of rotatable bonds is 5. The maximum Gasteiger partial charge on any atom is 0.218 e.